The van der Waals surface area contributed by atoms with Crippen molar-refractivity contribution < 1.29 is 14.7 Å². The minimum atomic E-state index is -0.320. The van der Waals surface area contributed by atoms with Gasteiger partial charge in [-0.15, -0.1) is 0 Å². The second-order valence-electron chi connectivity index (χ2n) is 5.12. The van der Waals surface area contributed by atoms with E-state index >= 15 is 0 Å². The summed E-state index contributed by atoms with van der Waals surface area (Å²) in [5.74, 6) is -0.202. The van der Waals surface area contributed by atoms with Gasteiger partial charge in [-0.2, -0.15) is 0 Å². The zero-order valence-electron chi connectivity index (χ0n) is 11.6. The number of carbonyl (C=O) groups excluding carboxylic acids is 2. The maximum absolute atomic E-state index is 12.0. The largest absolute Gasteiger partial charge is 0.507 e. The summed E-state index contributed by atoms with van der Waals surface area (Å²) in [6, 6.07) is 6.39. The van der Waals surface area contributed by atoms with Crippen LogP contribution in [0.15, 0.2) is 24.3 Å². The predicted molar refractivity (Wildman–Crippen MR) is 75.5 cm³/mol. The van der Waals surface area contributed by atoms with Gasteiger partial charge in [0.2, 0.25) is 5.91 Å². The van der Waals surface area contributed by atoms with Crippen LogP contribution in [0.25, 0.3) is 0 Å². The molecule has 1 aromatic rings. The second-order valence-corrected chi connectivity index (χ2v) is 5.12. The highest BCUT2D eigenvalue weighted by atomic mass is 16.3. The monoisotopic (exact) mass is 276 g/mol. The molecule has 0 saturated carbocycles. The molecule has 1 fully saturated rings. The Morgan fingerprint density at radius 2 is 2.15 bits per heavy atom. The van der Waals surface area contributed by atoms with Gasteiger partial charge in [0.15, 0.2) is 0 Å². The molecule has 1 saturated heterocycles. The molecule has 1 aliphatic rings. The summed E-state index contributed by atoms with van der Waals surface area (Å²) in [4.78, 5) is 25.6. The number of nitrogens with one attached hydrogen (secondary N) is 1. The average molecular weight is 276 g/mol. The van der Waals surface area contributed by atoms with Crippen molar-refractivity contribution >= 4 is 11.8 Å². The number of phenolic OH excluding ortho intramolecular Hbond substituents is 1. The number of hydrogen-bond acceptors (Lipinski definition) is 3. The Morgan fingerprint density at radius 3 is 2.85 bits per heavy atom. The number of amides is 2. The van der Waals surface area contributed by atoms with E-state index in [-0.39, 0.29) is 29.2 Å². The minimum Gasteiger partial charge on any atom is -0.507 e. The van der Waals surface area contributed by atoms with E-state index in [1.807, 2.05) is 11.8 Å². The van der Waals surface area contributed by atoms with Crippen molar-refractivity contribution in [1.29, 1.82) is 0 Å². The van der Waals surface area contributed by atoms with Crippen LogP contribution < -0.4 is 5.32 Å². The topological polar surface area (TPSA) is 69.6 Å². The van der Waals surface area contributed by atoms with Gasteiger partial charge in [0.05, 0.1) is 5.56 Å². The van der Waals surface area contributed by atoms with E-state index < -0.39 is 0 Å². The Bertz CT molecular complexity index is 502. The summed E-state index contributed by atoms with van der Waals surface area (Å²) >= 11 is 0. The van der Waals surface area contributed by atoms with Crippen LogP contribution in [-0.4, -0.2) is 41.0 Å². The molecule has 0 bridgehead atoms. The highest BCUT2D eigenvalue weighted by molar-refractivity contribution is 5.96. The first kappa shape index (κ1) is 14.4. The van der Waals surface area contributed by atoms with Crippen LogP contribution in [0.5, 0.6) is 5.75 Å². The molecule has 1 aliphatic heterocycles. The molecule has 2 amide bonds. The fraction of sp³-hybridized carbons (Fsp3) is 0.467. The van der Waals surface area contributed by atoms with Crippen molar-refractivity contribution in [1.82, 2.24) is 10.2 Å². The quantitative estimate of drug-likeness (QED) is 0.876. The van der Waals surface area contributed by atoms with Crippen LogP contribution in [0, 0.1) is 0 Å². The molecule has 0 spiro atoms. The number of hydrogen-bond donors (Lipinski definition) is 2. The molecule has 2 rings (SSSR count). The van der Waals surface area contributed by atoms with E-state index in [1.54, 1.807) is 18.2 Å². The summed E-state index contributed by atoms with van der Waals surface area (Å²) in [5, 5.41) is 12.4. The molecule has 1 aromatic carbocycles. The van der Waals surface area contributed by atoms with Crippen LogP contribution in [0.2, 0.25) is 0 Å². The van der Waals surface area contributed by atoms with Crippen molar-refractivity contribution in [3.8, 4) is 5.75 Å². The normalized spacial score (nSPS) is 16.9. The molecular weight excluding hydrogens is 256 g/mol. The van der Waals surface area contributed by atoms with Gasteiger partial charge in [0.1, 0.15) is 5.75 Å². The lowest BCUT2D eigenvalue weighted by Gasteiger charge is -2.32. The van der Waals surface area contributed by atoms with Gasteiger partial charge in [0.25, 0.3) is 5.91 Å². The van der Waals surface area contributed by atoms with E-state index in [9.17, 15) is 14.7 Å². The van der Waals surface area contributed by atoms with Gasteiger partial charge in [-0.05, 0) is 31.9 Å². The zero-order chi connectivity index (χ0) is 14.5. The number of piperidine rings is 1. The number of benzene rings is 1. The smallest absolute Gasteiger partial charge is 0.255 e. The Morgan fingerprint density at radius 1 is 1.40 bits per heavy atom. The molecule has 5 nitrogen and oxygen atoms in total. The Labute approximate surface area is 118 Å². The van der Waals surface area contributed by atoms with Gasteiger partial charge in [-0.1, -0.05) is 12.1 Å². The fourth-order valence-electron chi connectivity index (χ4n) is 2.40. The highest BCUT2D eigenvalue weighted by Gasteiger charge is 2.23. The first-order valence-corrected chi connectivity index (χ1v) is 6.95. The number of para-hydroxylation sites is 1. The molecule has 108 valence electrons. The van der Waals surface area contributed by atoms with Crippen molar-refractivity contribution in [2.75, 3.05) is 13.1 Å². The SMILES string of the molecule is CC(CNC(=O)c1ccccc1O)N1CCCCC1=O. The predicted octanol–water partition coefficient (Wildman–Crippen LogP) is 1.52. The van der Waals surface area contributed by atoms with Crippen LogP contribution in [0.4, 0.5) is 0 Å². The van der Waals surface area contributed by atoms with Crippen LogP contribution in [0.1, 0.15) is 36.5 Å². The molecule has 20 heavy (non-hydrogen) atoms. The van der Waals surface area contributed by atoms with Crippen LogP contribution >= 0.6 is 0 Å². The van der Waals surface area contributed by atoms with Crippen molar-refractivity contribution in [2.24, 2.45) is 0 Å². The lowest BCUT2D eigenvalue weighted by atomic mass is 10.1. The first-order chi connectivity index (χ1) is 9.59. The van der Waals surface area contributed by atoms with Gasteiger partial charge >= 0.3 is 0 Å². The van der Waals surface area contributed by atoms with E-state index in [0.29, 0.717) is 13.0 Å². The van der Waals surface area contributed by atoms with Crippen molar-refractivity contribution in [3.63, 3.8) is 0 Å². The maximum atomic E-state index is 12.0. The molecule has 0 aliphatic carbocycles. The molecule has 0 radical (unpaired) electrons. The first-order valence-electron chi connectivity index (χ1n) is 6.95. The Hall–Kier alpha value is -2.04. The van der Waals surface area contributed by atoms with E-state index in [1.165, 1.54) is 6.07 Å². The molecular formula is C15H20N2O3. The van der Waals surface area contributed by atoms with Gasteiger partial charge in [-0.3, -0.25) is 9.59 Å². The van der Waals surface area contributed by atoms with E-state index in [0.717, 1.165) is 19.4 Å². The van der Waals surface area contributed by atoms with Crippen molar-refractivity contribution in [3.05, 3.63) is 29.8 Å². The zero-order valence-corrected chi connectivity index (χ0v) is 11.6. The summed E-state index contributed by atoms with van der Waals surface area (Å²) in [6.07, 6.45) is 2.56. The standard InChI is InChI=1S/C15H20N2O3/c1-11(17-9-5-4-8-14(17)19)10-16-15(20)12-6-2-3-7-13(12)18/h2-3,6-7,11,18H,4-5,8-10H2,1H3,(H,16,20). The van der Waals surface area contributed by atoms with Gasteiger partial charge in [0, 0.05) is 25.6 Å². The summed E-state index contributed by atoms with van der Waals surface area (Å²) in [6.45, 7) is 3.07. The summed E-state index contributed by atoms with van der Waals surface area (Å²) < 4.78 is 0. The molecule has 1 heterocycles. The Kier molecular flexibility index (Phi) is 4.61. The lowest BCUT2D eigenvalue weighted by Crippen LogP contribution is -2.47. The Balaban J connectivity index is 1.90. The third kappa shape index (κ3) is 3.29. The molecule has 1 atom stereocenters. The number of rotatable bonds is 4. The molecule has 2 N–H and O–H groups in total. The lowest BCUT2D eigenvalue weighted by molar-refractivity contribution is -0.135. The highest BCUT2D eigenvalue weighted by Crippen LogP contribution is 2.16. The number of carbonyl (C=O) groups is 2. The van der Waals surface area contributed by atoms with Gasteiger partial charge < -0.3 is 15.3 Å². The third-order valence-electron chi connectivity index (χ3n) is 3.60. The fourth-order valence-corrected chi connectivity index (χ4v) is 2.40. The second kappa shape index (κ2) is 6.41. The number of phenols is 1. The molecule has 0 aromatic heterocycles. The van der Waals surface area contributed by atoms with Gasteiger partial charge in [-0.25, -0.2) is 0 Å². The number of nitrogens with zero attached hydrogens (tertiary/aromatic N) is 1. The average Bonchev–Trinajstić information content (AvgIpc) is 2.45. The number of likely N-dealkylation sites (tertiary alicyclic amines) is 1. The maximum Gasteiger partial charge on any atom is 0.255 e. The van der Waals surface area contributed by atoms with Crippen molar-refractivity contribution in [2.45, 2.75) is 32.2 Å². The third-order valence-corrected chi connectivity index (χ3v) is 3.60. The number of aromatic hydroxyl groups is 1. The molecule has 1 unspecified atom stereocenters. The van der Waals surface area contributed by atoms with Crippen LogP contribution in [-0.2, 0) is 4.79 Å². The summed E-state index contributed by atoms with van der Waals surface area (Å²) in [7, 11) is 0. The molecule has 5 heteroatoms. The summed E-state index contributed by atoms with van der Waals surface area (Å²) in [5.41, 5.74) is 0.254. The minimum absolute atomic E-state index is 0.0300. The van der Waals surface area contributed by atoms with E-state index in [2.05, 4.69) is 5.32 Å². The van der Waals surface area contributed by atoms with E-state index in [4.69, 9.17) is 0 Å². The van der Waals surface area contributed by atoms with Crippen LogP contribution in [0.3, 0.4) is 0 Å².